The summed E-state index contributed by atoms with van der Waals surface area (Å²) in [6.45, 7) is 3.75. The van der Waals surface area contributed by atoms with Crippen molar-refractivity contribution in [2.75, 3.05) is 33.9 Å². The van der Waals surface area contributed by atoms with Crippen LogP contribution in [0.4, 0.5) is 0 Å². The van der Waals surface area contributed by atoms with Crippen molar-refractivity contribution in [2.45, 2.75) is 31.8 Å². The molecule has 148 valence electrons. The predicted octanol–water partition coefficient (Wildman–Crippen LogP) is 3.37. The van der Waals surface area contributed by atoms with Gasteiger partial charge in [0.25, 0.3) is 5.91 Å². The standard InChI is InChI=1S/C23H28N2O3/c1-27-21-8-7-18(15-22(21)28-2)23(26)24-13-10-20(11-14-24)25-12-9-17-5-3-4-6-19(17)16-25/h3-8,15,20H,9-14,16H2,1-2H3. The molecule has 2 aromatic rings. The van der Waals surface area contributed by atoms with Gasteiger partial charge in [-0.15, -0.1) is 0 Å². The molecular weight excluding hydrogens is 352 g/mol. The number of carbonyl (C=O) groups excluding carboxylic acids is 1. The van der Waals surface area contributed by atoms with Gasteiger partial charge in [-0.2, -0.15) is 0 Å². The fraction of sp³-hybridized carbons (Fsp3) is 0.435. The van der Waals surface area contributed by atoms with E-state index in [1.165, 1.54) is 11.1 Å². The molecule has 0 radical (unpaired) electrons. The van der Waals surface area contributed by atoms with Crippen LogP contribution < -0.4 is 9.47 Å². The maximum absolute atomic E-state index is 12.9. The zero-order chi connectivity index (χ0) is 19.5. The highest BCUT2D eigenvalue weighted by Gasteiger charge is 2.29. The minimum absolute atomic E-state index is 0.0726. The summed E-state index contributed by atoms with van der Waals surface area (Å²) >= 11 is 0. The lowest BCUT2D eigenvalue weighted by molar-refractivity contribution is 0.0599. The minimum atomic E-state index is 0.0726. The fourth-order valence-electron chi connectivity index (χ4n) is 4.42. The fourth-order valence-corrected chi connectivity index (χ4v) is 4.42. The summed E-state index contributed by atoms with van der Waals surface area (Å²) in [6.07, 6.45) is 3.18. The van der Waals surface area contributed by atoms with Crippen LogP contribution in [0.25, 0.3) is 0 Å². The van der Waals surface area contributed by atoms with Gasteiger partial charge in [-0.05, 0) is 48.6 Å². The third kappa shape index (κ3) is 3.72. The average molecular weight is 380 g/mol. The van der Waals surface area contributed by atoms with E-state index in [9.17, 15) is 4.79 Å². The highest BCUT2D eigenvalue weighted by Crippen LogP contribution is 2.29. The van der Waals surface area contributed by atoms with E-state index < -0.39 is 0 Å². The summed E-state index contributed by atoms with van der Waals surface area (Å²) in [5.41, 5.74) is 3.60. The molecule has 4 rings (SSSR count). The van der Waals surface area contributed by atoms with E-state index in [0.29, 0.717) is 23.1 Å². The molecule has 28 heavy (non-hydrogen) atoms. The van der Waals surface area contributed by atoms with Crippen LogP contribution in [0.5, 0.6) is 11.5 Å². The topological polar surface area (TPSA) is 42.0 Å². The SMILES string of the molecule is COc1ccc(C(=O)N2CCC(N3CCc4ccccc4C3)CC2)cc1OC. The first-order valence-electron chi connectivity index (χ1n) is 10.0. The zero-order valence-electron chi connectivity index (χ0n) is 16.7. The van der Waals surface area contributed by atoms with Gasteiger partial charge < -0.3 is 14.4 Å². The van der Waals surface area contributed by atoms with Crippen molar-refractivity contribution >= 4 is 5.91 Å². The average Bonchev–Trinajstić information content (AvgIpc) is 2.77. The number of carbonyl (C=O) groups is 1. The molecule has 2 aromatic carbocycles. The number of rotatable bonds is 4. The summed E-state index contributed by atoms with van der Waals surface area (Å²) in [4.78, 5) is 17.5. The molecule has 1 amide bonds. The molecule has 5 nitrogen and oxygen atoms in total. The van der Waals surface area contributed by atoms with Crippen LogP contribution in [0.15, 0.2) is 42.5 Å². The van der Waals surface area contributed by atoms with Crippen molar-refractivity contribution < 1.29 is 14.3 Å². The molecule has 0 unspecified atom stereocenters. The first-order chi connectivity index (χ1) is 13.7. The molecule has 0 atom stereocenters. The molecule has 5 heteroatoms. The molecule has 0 spiro atoms. The molecule has 2 aliphatic heterocycles. The highest BCUT2D eigenvalue weighted by atomic mass is 16.5. The monoisotopic (exact) mass is 380 g/mol. The number of fused-ring (bicyclic) bond motifs is 1. The Morgan fingerprint density at radius 1 is 0.929 bits per heavy atom. The Labute approximate surface area is 166 Å². The van der Waals surface area contributed by atoms with Gasteiger partial charge in [0.05, 0.1) is 14.2 Å². The number of hydrogen-bond acceptors (Lipinski definition) is 4. The van der Waals surface area contributed by atoms with Crippen LogP contribution in [0, 0.1) is 0 Å². The number of hydrogen-bond donors (Lipinski definition) is 0. The molecule has 2 heterocycles. The second-order valence-corrected chi connectivity index (χ2v) is 7.58. The third-order valence-electron chi connectivity index (χ3n) is 6.06. The molecule has 0 aromatic heterocycles. The summed E-state index contributed by atoms with van der Waals surface area (Å²) in [7, 11) is 3.19. The Kier molecular flexibility index (Phi) is 5.53. The van der Waals surface area contributed by atoms with Crippen LogP contribution in [0.2, 0.25) is 0 Å². The van der Waals surface area contributed by atoms with Crippen LogP contribution >= 0.6 is 0 Å². The van der Waals surface area contributed by atoms with Crippen molar-refractivity contribution in [2.24, 2.45) is 0 Å². The Morgan fingerprint density at radius 2 is 1.64 bits per heavy atom. The minimum Gasteiger partial charge on any atom is -0.493 e. The van der Waals surface area contributed by atoms with Crippen molar-refractivity contribution in [1.29, 1.82) is 0 Å². The molecule has 0 bridgehead atoms. The Morgan fingerprint density at radius 3 is 2.36 bits per heavy atom. The van der Waals surface area contributed by atoms with E-state index >= 15 is 0 Å². The first-order valence-corrected chi connectivity index (χ1v) is 10.0. The Hall–Kier alpha value is -2.53. The van der Waals surface area contributed by atoms with Gasteiger partial charge in [0, 0.05) is 37.8 Å². The molecule has 1 fully saturated rings. The van der Waals surface area contributed by atoms with E-state index in [0.717, 1.165) is 45.4 Å². The van der Waals surface area contributed by atoms with Gasteiger partial charge in [-0.3, -0.25) is 9.69 Å². The smallest absolute Gasteiger partial charge is 0.253 e. The van der Waals surface area contributed by atoms with Crippen molar-refractivity contribution in [3.63, 3.8) is 0 Å². The number of likely N-dealkylation sites (tertiary alicyclic amines) is 1. The molecule has 1 saturated heterocycles. The second-order valence-electron chi connectivity index (χ2n) is 7.58. The van der Waals surface area contributed by atoms with Crippen molar-refractivity contribution in [1.82, 2.24) is 9.80 Å². The van der Waals surface area contributed by atoms with Gasteiger partial charge in [0.2, 0.25) is 0 Å². The van der Waals surface area contributed by atoms with E-state index in [1.807, 2.05) is 11.0 Å². The number of benzene rings is 2. The Bertz CT molecular complexity index is 843. The lowest BCUT2D eigenvalue weighted by Gasteiger charge is -2.40. The lowest BCUT2D eigenvalue weighted by Crippen LogP contribution is -2.48. The summed E-state index contributed by atoms with van der Waals surface area (Å²) < 4.78 is 10.6. The Balaban J connectivity index is 1.37. The van der Waals surface area contributed by atoms with E-state index in [1.54, 1.807) is 26.4 Å². The van der Waals surface area contributed by atoms with Crippen LogP contribution in [-0.2, 0) is 13.0 Å². The summed E-state index contributed by atoms with van der Waals surface area (Å²) in [6, 6.07) is 14.7. The largest absolute Gasteiger partial charge is 0.493 e. The van der Waals surface area contributed by atoms with Gasteiger partial charge in [-0.1, -0.05) is 24.3 Å². The van der Waals surface area contributed by atoms with Crippen LogP contribution in [0.3, 0.4) is 0 Å². The van der Waals surface area contributed by atoms with Crippen molar-refractivity contribution in [3.05, 3.63) is 59.2 Å². The maximum Gasteiger partial charge on any atom is 0.253 e. The van der Waals surface area contributed by atoms with Crippen LogP contribution in [-0.4, -0.2) is 55.6 Å². The highest BCUT2D eigenvalue weighted by molar-refractivity contribution is 5.95. The molecule has 0 N–H and O–H groups in total. The number of piperidine rings is 1. The second kappa shape index (κ2) is 8.23. The molecular formula is C23H28N2O3. The van der Waals surface area contributed by atoms with Crippen LogP contribution in [0.1, 0.15) is 34.3 Å². The normalized spacial score (nSPS) is 17.9. The molecule has 0 aliphatic carbocycles. The maximum atomic E-state index is 12.9. The number of nitrogens with zero attached hydrogens (tertiary/aromatic N) is 2. The third-order valence-corrected chi connectivity index (χ3v) is 6.06. The lowest BCUT2D eigenvalue weighted by atomic mass is 9.95. The zero-order valence-corrected chi connectivity index (χ0v) is 16.7. The molecule has 2 aliphatic rings. The first kappa shape index (κ1) is 18.8. The van der Waals surface area contributed by atoms with Gasteiger partial charge in [0.1, 0.15) is 0 Å². The van der Waals surface area contributed by atoms with E-state index in [4.69, 9.17) is 9.47 Å². The number of ether oxygens (including phenoxy) is 2. The van der Waals surface area contributed by atoms with Gasteiger partial charge in [0.15, 0.2) is 11.5 Å². The predicted molar refractivity (Wildman–Crippen MR) is 109 cm³/mol. The number of methoxy groups -OCH3 is 2. The van der Waals surface area contributed by atoms with Gasteiger partial charge >= 0.3 is 0 Å². The van der Waals surface area contributed by atoms with Crippen molar-refractivity contribution in [3.8, 4) is 11.5 Å². The van der Waals surface area contributed by atoms with E-state index in [-0.39, 0.29) is 5.91 Å². The number of amides is 1. The summed E-state index contributed by atoms with van der Waals surface area (Å²) in [5, 5.41) is 0. The van der Waals surface area contributed by atoms with E-state index in [2.05, 4.69) is 29.2 Å². The quantitative estimate of drug-likeness (QED) is 0.816. The van der Waals surface area contributed by atoms with Gasteiger partial charge in [-0.25, -0.2) is 0 Å². The molecule has 0 saturated carbocycles. The summed E-state index contributed by atoms with van der Waals surface area (Å²) in [5.74, 6) is 1.31.